The first kappa shape index (κ1) is 17.6. The molecule has 0 saturated carbocycles. The molecule has 25 heavy (non-hydrogen) atoms. The standard InChI is InChI=1S/C15H22N6O3S/c1-11-14(12(2)19(4)17-11)15(22)20-5-7-21(8-6-20)25(23,24)13-9-16-18(3)10-13/h9-10H,5-8H2,1-4H3. The van der Waals surface area contributed by atoms with E-state index < -0.39 is 10.0 Å². The Morgan fingerprint density at radius 3 is 2.24 bits per heavy atom. The minimum atomic E-state index is -3.57. The normalized spacial score (nSPS) is 16.4. The number of rotatable bonds is 3. The SMILES string of the molecule is Cc1nn(C)c(C)c1C(=O)N1CCN(S(=O)(=O)c2cnn(C)c2)CC1. The minimum Gasteiger partial charge on any atom is -0.336 e. The van der Waals surface area contributed by atoms with Crippen molar-refractivity contribution in [2.75, 3.05) is 26.2 Å². The molecule has 10 heteroatoms. The lowest BCUT2D eigenvalue weighted by Gasteiger charge is -2.33. The summed E-state index contributed by atoms with van der Waals surface area (Å²) in [5, 5.41) is 8.20. The van der Waals surface area contributed by atoms with Crippen LogP contribution in [0.4, 0.5) is 0 Å². The summed E-state index contributed by atoms with van der Waals surface area (Å²) in [4.78, 5) is 14.6. The zero-order valence-corrected chi connectivity index (χ0v) is 15.6. The molecule has 3 rings (SSSR count). The average Bonchev–Trinajstić information content (AvgIpc) is 3.11. The van der Waals surface area contributed by atoms with Gasteiger partial charge in [0.15, 0.2) is 0 Å². The zero-order valence-electron chi connectivity index (χ0n) is 14.8. The number of hydrogen-bond donors (Lipinski definition) is 0. The van der Waals surface area contributed by atoms with Gasteiger partial charge in [-0.2, -0.15) is 14.5 Å². The summed E-state index contributed by atoms with van der Waals surface area (Å²) in [7, 11) is -0.0937. The topological polar surface area (TPSA) is 93.3 Å². The van der Waals surface area contributed by atoms with E-state index in [1.807, 2.05) is 13.8 Å². The highest BCUT2D eigenvalue weighted by atomic mass is 32.2. The first-order valence-electron chi connectivity index (χ1n) is 8.00. The fourth-order valence-corrected chi connectivity index (χ4v) is 4.46. The van der Waals surface area contributed by atoms with Crippen LogP contribution in [0.5, 0.6) is 0 Å². The molecule has 2 aromatic rings. The smallest absolute Gasteiger partial charge is 0.257 e. The second-order valence-electron chi connectivity index (χ2n) is 6.22. The summed E-state index contributed by atoms with van der Waals surface area (Å²) in [5.74, 6) is -0.0958. The summed E-state index contributed by atoms with van der Waals surface area (Å²) < 4.78 is 29.8. The van der Waals surface area contributed by atoms with Crippen molar-refractivity contribution in [3.8, 4) is 0 Å². The molecule has 1 aliphatic rings. The molecule has 9 nitrogen and oxygen atoms in total. The first-order chi connectivity index (χ1) is 11.7. The lowest BCUT2D eigenvalue weighted by Crippen LogP contribution is -2.50. The monoisotopic (exact) mass is 366 g/mol. The predicted octanol–water partition coefficient (Wildman–Crippen LogP) is -0.0829. The highest BCUT2D eigenvalue weighted by molar-refractivity contribution is 7.89. The van der Waals surface area contributed by atoms with Crippen molar-refractivity contribution >= 4 is 15.9 Å². The van der Waals surface area contributed by atoms with Crippen molar-refractivity contribution in [2.24, 2.45) is 14.1 Å². The molecule has 1 amide bonds. The highest BCUT2D eigenvalue weighted by Gasteiger charge is 2.32. The molecule has 1 saturated heterocycles. The summed E-state index contributed by atoms with van der Waals surface area (Å²) in [6.45, 7) is 4.90. The Hall–Kier alpha value is -2.20. The lowest BCUT2D eigenvalue weighted by atomic mass is 10.1. The van der Waals surface area contributed by atoms with Crippen LogP contribution in [0.15, 0.2) is 17.3 Å². The fourth-order valence-electron chi connectivity index (χ4n) is 3.05. The van der Waals surface area contributed by atoms with E-state index in [0.29, 0.717) is 24.3 Å². The molecule has 0 aliphatic carbocycles. The maximum atomic E-state index is 12.8. The van der Waals surface area contributed by atoms with E-state index in [1.165, 1.54) is 21.4 Å². The molecule has 0 aromatic carbocycles. The van der Waals surface area contributed by atoms with Crippen molar-refractivity contribution in [1.29, 1.82) is 0 Å². The number of nitrogens with zero attached hydrogens (tertiary/aromatic N) is 6. The molecule has 2 aromatic heterocycles. The van der Waals surface area contributed by atoms with Crippen molar-refractivity contribution in [2.45, 2.75) is 18.7 Å². The number of carbonyl (C=O) groups is 1. The van der Waals surface area contributed by atoms with E-state index in [0.717, 1.165) is 5.69 Å². The van der Waals surface area contributed by atoms with Crippen molar-refractivity contribution < 1.29 is 13.2 Å². The summed E-state index contributed by atoms with van der Waals surface area (Å²) >= 11 is 0. The number of aromatic nitrogens is 4. The predicted molar refractivity (Wildman–Crippen MR) is 90.6 cm³/mol. The lowest BCUT2D eigenvalue weighted by molar-refractivity contribution is 0.0696. The summed E-state index contributed by atoms with van der Waals surface area (Å²) in [5.41, 5.74) is 2.11. The number of sulfonamides is 1. The number of carbonyl (C=O) groups excluding carboxylic acids is 1. The third kappa shape index (κ3) is 3.07. The summed E-state index contributed by atoms with van der Waals surface area (Å²) in [6, 6.07) is 0. The number of amides is 1. The third-order valence-electron chi connectivity index (χ3n) is 4.57. The Bertz CT molecular complexity index is 906. The van der Waals surface area contributed by atoms with Crippen LogP contribution in [0.3, 0.4) is 0 Å². The Labute approximate surface area is 146 Å². The van der Waals surface area contributed by atoms with Crippen LogP contribution in [0.2, 0.25) is 0 Å². The van der Waals surface area contributed by atoms with Gasteiger partial charge < -0.3 is 4.90 Å². The van der Waals surface area contributed by atoms with Gasteiger partial charge in [0.2, 0.25) is 10.0 Å². The Morgan fingerprint density at radius 2 is 1.76 bits per heavy atom. The van der Waals surface area contributed by atoms with E-state index in [9.17, 15) is 13.2 Å². The Morgan fingerprint density at radius 1 is 1.12 bits per heavy atom. The molecule has 136 valence electrons. The van der Waals surface area contributed by atoms with Crippen molar-refractivity contribution in [3.63, 3.8) is 0 Å². The fraction of sp³-hybridized carbons (Fsp3) is 0.533. The first-order valence-corrected chi connectivity index (χ1v) is 9.44. The molecule has 1 fully saturated rings. The van der Waals surface area contributed by atoms with E-state index in [4.69, 9.17) is 0 Å². The maximum Gasteiger partial charge on any atom is 0.257 e. The van der Waals surface area contributed by atoms with Gasteiger partial charge >= 0.3 is 0 Å². The molecule has 0 spiro atoms. The van der Waals surface area contributed by atoms with Gasteiger partial charge in [0.1, 0.15) is 4.90 Å². The zero-order chi connectivity index (χ0) is 18.4. The molecule has 0 N–H and O–H groups in total. The van der Waals surface area contributed by atoms with Gasteiger partial charge in [0.05, 0.1) is 17.5 Å². The largest absolute Gasteiger partial charge is 0.336 e. The second-order valence-corrected chi connectivity index (χ2v) is 8.15. The van der Waals surface area contributed by atoms with Gasteiger partial charge in [-0.05, 0) is 13.8 Å². The number of piperazine rings is 1. The number of aryl methyl sites for hydroxylation is 3. The van der Waals surface area contributed by atoms with Gasteiger partial charge in [-0.25, -0.2) is 8.42 Å². The van der Waals surface area contributed by atoms with Crippen LogP contribution in [-0.2, 0) is 24.1 Å². The van der Waals surface area contributed by atoms with Crippen LogP contribution in [0.1, 0.15) is 21.7 Å². The molecule has 0 unspecified atom stereocenters. The molecule has 3 heterocycles. The quantitative estimate of drug-likeness (QED) is 0.757. The maximum absolute atomic E-state index is 12.8. The molecule has 0 bridgehead atoms. The highest BCUT2D eigenvalue weighted by Crippen LogP contribution is 2.20. The van der Waals surface area contributed by atoms with E-state index in [2.05, 4.69) is 10.2 Å². The van der Waals surface area contributed by atoms with Gasteiger partial charge in [0, 0.05) is 52.2 Å². The van der Waals surface area contributed by atoms with Crippen LogP contribution < -0.4 is 0 Å². The molecule has 1 aliphatic heterocycles. The Kier molecular flexibility index (Phi) is 4.41. The number of hydrogen-bond acceptors (Lipinski definition) is 5. The van der Waals surface area contributed by atoms with Crippen LogP contribution in [-0.4, -0.2) is 69.3 Å². The molecular formula is C15H22N6O3S. The third-order valence-corrected chi connectivity index (χ3v) is 6.42. The van der Waals surface area contributed by atoms with Crippen LogP contribution >= 0.6 is 0 Å². The van der Waals surface area contributed by atoms with E-state index >= 15 is 0 Å². The van der Waals surface area contributed by atoms with Crippen molar-refractivity contribution in [1.82, 2.24) is 28.8 Å². The molecule has 0 atom stereocenters. The Balaban J connectivity index is 1.72. The van der Waals surface area contributed by atoms with Gasteiger partial charge in [0.25, 0.3) is 5.91 Å². The van der Waals surface area contributed by atoms with Gasteiger partial charge in [-0.15, -0.1) is 0 Å². The van der Waals surface area contributed by atoms with Gasteiger partial charge in [-0.3, -0.25) is 14.2 Å². The van der Waals surface area contributed by atoms with Gasteiger partial charge in [-0.1, -0.05) is 0 Å². The van der Waals surface area contributed by atoms with Crippen LogP contribution in [0, 0.1) is 13.8 Å². The molecule has 0 radical (unpaired) electrons. The minimum absolute atomic E-state index is 0.0958. The average molecular weight is 366 g/mol. The van der Waals surface area contributed by atoms with E-state index in [1.54, 1.807) is 23.7 Å². The molecular weight excluding hydrogens is 344 g/mol. The second kappa shape index (κ2) is 6.26. The summed E-state index contributed by atoms with van der Waals surface area (Å²) in [6.07, 6.45) is 2.82. The van der Waals surface area contributed by atoms with E-state index in [-0.39, 0.29) is 23.9 Å². The van der Waals surface area contributed by atoms with Crippen molar-refractivity contribution in [3.05, 3.63) is 29.3 Å². The van der Waals surface area contributed by atoms with Crippen LogP contribution in [0.25, 0.3) is 0 Å².